The number of carbonyl (C=O) groups excluding carboxylic acids is 1. The van der Waals surface area contributed by atoms with Gasteiger partial charge >= 0.3 is 6.01 Å². The molecule has 0 aromatic carbocycles. The highest BCUT2D eigenvalue weighted by Crippen LogP contribution is 2.54. The first kappa shape index (κ1) is 15.8. The summed E-state index contributed by atoms with van der Waals surface area (Å²) in [4.78, 5) is 14.6. The fraction of sp³-hybridized carbons (Fsp3) is 0.667. The molecule has 1 spiro atoms. The van der Waals surface area contributed by atoms with Gasteiger partial charge in [0.15, 0.2) is 0 Å². The Labute approximate surface area is 151 Å². The fourth-order valence-electron chi connectivity index (χ4n) is 4.11. The number of hydrogen-bond donors (Lipinski definition) is 2. The lowest BCUT2D eigenvalue weighted by Crippen LogP contribution is -2.45. The van der Waals surface area contributed by atoms with Gasteiger partial charge in [0.25, 0.3) is 0 Å². The van der Waals surface area contributed by atoms with Gasteiger partial charge in [0.05, 0.1) is 5.69 Å². The predicted octanol–water partition coefficient (Wildman–Crippen LogP) is 2.27. The maximum atomic E-state index is 12.7. The van der Waals surface area contributed by atoms with E-state index >= 15 is 0 Å². The number of nitrogens with one attached hydrogen (secondary N) is 2. The van der Waals surface area contributed by atoms with E-state index in [9.17, 15) is 4.79 Å². The number of H-pyrrole nitrogens is 1. The molecule has 8 heteroatoms. The molecule has 26 heavy (non-hydrogen) atoms. The first-order valence-corrected chi connectivity index (χ1v) is 9.52. The van der Waals surface area contributed by atoms with Crippen molar-refractivity contribution < 1.29 is 9.21 Å². The quantitative estimate of drug-likeness (QED) is 0.852. The second-order valence-electron chi connectivity index (χ2n) is 8.08. The van der Waals surface area contributed by atoms with Gasteiger partial charge in [-0.25, -0.2) is 0 Å². The molecule has 2 saturated carbocycles. The molecular weight excluding hydrogens is 332 g/mol. The summed E-state index contributed by atoms with van der Waals surface area (Å²) in [5.41, 5.74) is 1.61. The van der Waals surface area contributed by atoms with Gasteiger partial charge in [-0.15, -0.1) is 5.10 Å². The molecule has 1 unspecified atom stereocenters. The summed E-state index contributed by atoms with van der Waals surface area (Å²) < 4.78 is 5.75. The van der Waals surface area contributed by atoms with Crippen molar-refractivity contribution in [2.45, 2.75) is 56.9 Å². The van der Waals surface area contributed by atoms with Crippen LogP contribution in [0.4, 0.5) is 6.01 Å². The van der Waals surface area contributed by atoms with Gasteiger partial charge in [0.2, 0.25) is 11.8 Å². The Morgan fingerprint density at radius 1 is 1.31 bits per heavy atom. The number of anilines is 1. The minimum atomic E-state index is -0.363. The van der Waals surface area contributed by atoms with Gasteiger partial charge in [0, 0.05) is 31.1 Å². The Morgan fingerprint density at radius 2 is 2.12 bits per heavy atom. The van der Waals surface area contributed by atoms with Crippen molar-refractivity contribution in [2.24, 2.45) is 5.41 Å². The lowest BCUT2D eigenvalue weighted by atomic mass is 9.93. The molecule has 3 heterocycles. The smallest absolute Gasteiger partial charge is 0.316 e. The zero-order valence-corrected chi connectivity index (χ0v) is 14.9. The summed E-state index contributed by atoms with van der Waals surface area (Å²) in [6.07, 6.45) is 7.77. The molecule has 0 radical (unpaired) electrons. The topological polar surface area (TPSA) is 99.9 Å². The first-order valence-electron chi connectivity index (χ1n) is 9.52. The average Bonchev–Trinajstić information content (AvgIpc) is 3.48. The molecule has 0 bridgehead atoms. The van der Waals surface area contributed by atoms with Gasteiger partial charge < -0.3 is 14.6 Å². The monoisotopic (exact) mass is 356 g/mol. The third-order valence-corrected chi connectivity index (χ3v) is 6.25. The highest BCUT2D eigenvalue weighted by atomic mass is 16.4. The Balaban J connectivity index is 1.16. The van der Waals surface area contributed by atoms with Crippen molar-refractivity contribution >= 4 is 11.9 Å². The third kappa shape index (κ3) is 2.87. The van der Waals surface area contributed by atoms with E-state index in [0.29, 0.717) is 23.2 Å². The van der Waals surface area contributed by atoms with Crippen molar-refractivity contribution in [3.05, 3.63) is 23.8 Å². The summed E-state index contributed by atoms with van der Waals surface area (Å²) in [7, 11) is 0. The highest BCUT2D eigenvalue weighted by molar-refractivity contribution is 5.83. The molecule has 1 aliphatic heterocycles. The van der Waals surface area contributed by atoms with Crippen LogP contribution in [0, 0.1) is 5.41 Å². The Kier molecular flexibility index (Phi) is 3.55. The number of likely N-dealkylation sites (tertiary alicyclic amines) is 1. The normalized spacial score (nSPS) is 27.3. The fourth-order valence-corrected chi connectivity index (χ4v) is 4.11. The predicted molar refractivity (Wildman–Crippen MR) is 93.6 cm³/mol. The van der Waals surface area contributed by atoms with Crippen LogP contribution in [0.5, 0.6) is 0 Å². The number of aromatic nitrogens is 4. The lowest BCUT2D eigenvalue weighted by Gasteiger charge is -2.33. The van der Waals surface area contributed by atoms with Crippen LogP contribution in [-0.4, -0.2) is 50.3 Å². The average molecular weight is 356 g/mol. The molecule has 3 atom stereocenters. The molecule has 2 aliphatic carbocycles. The Hall–Kier alpha value is -2.38. The summed E-state index contributed by atoms with van der Waals surface area (Å²) in [6, 6.07) is 1.94. The highest BCUT2D eigenvalue weighted by Gasteiger charge is 2.46. The molecule has 1 saturated heterocycles. The number of rotatable bonds is 5. The van der Waals surface area contributed by atoms with Crippen LogP contribution in [0.3, 0.4) is 0 Å². The molecule has 2 aromatic heterocycles. The standard InChI is InChI=1S/C18H24N6O2/c1-11(16(25)24-8-5-18(3-4-18)6-9-24)20-17-23-22-15(26-17)13-10-12(13)14-2-7-19-21-14/h2,7,11-13H,3-6,8-10H2,1H3,(H,19,21)(H,20,23)/t11-,12-,13?/m0/s1. The second-order valence-corrected chi connectivity index (χ2v) is 8.08. The number of piperidine rings is 1. The number of carbonyl (C=O) groups is 1. The van der Waals surface area contributed by atoms with E-state index in [0.717, 1.165) is 38.0 Å². The SMILES string of the molecule is C[C@H](Nc1nnc(C2C[C@@H]2c2cc[nH]n2)o1)C(=O)N1CCC2(CC1)CC2. The van der Waals surface area contributed by atoms with Gasteiger partial charge in [-0.05, 0) is 50.5 Å². The Morgan fingerprint density at radius 3 is 2.81 bits per heavy atom. The van der Waals surface area contributed by atoms with Gasteiger partial charge in [-0.3, -0.25) is 9.89 Å². The second kappa shape index (κ2) is 5.82. The maximum Gasteiger partial charge on any atom is 0.316 e. The molecule has 1 amide bonds. The zero-order valence-electron chi connectivity index (χ0n) is 14.9. The Bertz CT molecular complexity index is 786. The number of aromatic amines is 1. The largest absolute Gasteiger partial charge is 0.408 e. The van der Waals surface area contributed by atoms with Crippen LogP contribution >= 0.6 is 0 Å². The van der Waals surface area contributed by atoms with Gasteiger partial charge in [0.1, 0.15) is 6.04 Å². The number of amides is 1. The van der Waals surface area contributed by atoms with E-state index < -0.39 is 0 Å². The van der Waals surface area contributed by atoms with Crippen LogP contribution in [0.2, 0.25) is 0 Å². The molecule has 5 rings (SSSR count). The van der Waals surface area contributed by atoms with Crippen molar-refractivity contribution in [3.8, 4) is 0 Å². The van der Waals surface area contributed by atoms with E-state index in [1.807, 2.05) is 24.1 Å². The van der Waals surface area contributed by atoms with Crippen molar-refractivity contribution in [1.82, 2.24) is 25.3 Å². The molecular formula is C18H24N6O2. The summed E-state index contributed by atoms with van der Waals surface area (Å²) in [6.45, 7) is 3.60. The van der Waals surface area contributed by atoms with Gasteiger partial charge in [-0.2, -0.15) is 5.10 Å². The van der Waals surface area contributed by atoms with E-state index in [1.165, 1.54) is 12.8 Å². The van der Waals surface area contributed by atoms with E-state index in [2.05, 4.69) is 25.7 Å². The minimum absolute atomic E-state index is 0.112. The van der Waals surface area contributed by atoms with Crippen molar-refractivity contribution in [1.29, 1.82) is 0 Å². The number of nitrogens with zero attached hydrogens (tertiary/aromatic N) is 4. The van der Waals surface area contributed by atoms with Crippen molar-refractivity contribution in [2.75, 3.05) is 18.4 Å². The molecule has 138 valence electrons. The lowest BCUT2D eigenvalue weighted by molar-refractivity contribution is -0.133. The minimum Gasteiger partial charge on any atom is -0.408 e. The van der Waals surface area contributed by atoms with Crippen LogP contribution in [0.25, 0.3) is 0 Å². The maximum absolute atomic E-state index is 12.7. The van der Waals surface area contributed by atoms with Crippen LogP contribution < -0.4 is 5.32 Å². The van der Waals surface area contributed by atoms with Crippen LogP contribution in [0.1, 0.15) is 62.4 Å². The summed E-state index contributed by atoms with van der Waals surface area (Å²) in [5.74, 6) is 1.30. The van der Waals surface area contributed by atoms with Gasteiger partial charge in [-0.1, -0.05) is 5.10 Å². The zero-order chi connectivity index (χ0) is 17.7. The van der Waals surface area contributed by atoms with E-state index in [1.54, 1.807) is 0 Å². The molecule has 2 aromatic rings. The first-order chi connectivity index (χ1) is 12.6. The summed E-state index contributed by atoms with van der Waals surface area (Å²) >= 11 is 0. The molecule has 2 N–H and O–H groups in total. The van der Waals surface area contributed by atoms with E-state index in [4.69, 9.17) is 4.42 Å². The van der Waals surface area contributed by atoms with Crippen molar-refractivity contribution in [3.63, 3.8) is 0 Å². The number of hydrogen-bond acceptors (Lipinski definition) is 6. The molecule has 3 aliphatic rings. The molecule has 3 fully saturated rings. The molecule has 8 nitrogen and oxygen atoms in total. The van der Waals surface area contributed by atoms with E-state index in [-0.39, 0.29) is 17.9 Å². The van der Waals surface area contributed by atoms with Crippen LogP contribution in [-0.2, 0) is 4.79 Å². The third-order valence-electron chi connectivity index (χ3n) is 6.25. The van der Waals surface area contributed by atoms with Crippen LogP contribution in [0.15, 0.2) is 16.7 Å². The summed E-state index contributed by atoms with van der Waals surface area (Å²) in [5, 5.41) is 18.3.